The number of likely N-dealkylation sites (N-methyl/N-ethyl adjacent to an activating group) is 1. The van der Waals surface area contributed by atoms with Gasteiger partial charge in [-0.2, -0.15) is 0 Å². The van der Waals surface area contributed by atoms with Crippen molar-refractivity contribution in [2.45, 2.75) is 12.0 Å². The smallest absolute Gasteiger partial charge is 0.330 e. The molecule has 4 heteroatoms. The van der Waals surface area contributed by atoms with Gasteiger partial charge in [0.15, 0.2) is 0 Å². The molecule has 0 fully saturated rings. The van der Waals surface area contributed by atoms with Gasteiger partial charge in [0.25, 0.3) is 0 Å². The van der Waals surface area contributed by atoms with Crippen LogP contribution in [0.25, 0.3) is 0 Å². The SMILES string of the molecule is CNC(CCN(C)C)(C(=O)OC)c1ccccc1. The second-order valence-corrected chi connectivity index (χ2v) is 4.57. The van der Waals surface area contributed by atoms with Crippen LogP contribution in [0.2, 0.25) is 0 Å². The largest absolute Gasteiger partial charge is 0.467 e. The first kappa shape index (κ1) is 14.7. The van der Waals surface area contributed by atoms with Crippen LogP contribution in [0, 0.1) is 0 Å². The molecule has 0 saturated carbocycles. The van der Waals surface area contributed by atoms with Gasteiger partial charge in [-0.15, -0.1) is 0 Å². The number of rotatable bonds is 6. The Labute approximate surface area is 109 Å². The summed E-state index contributed by atoms with van der Waals surface area (Å²) < 4.78 is 4.97. The van der Waals surface area contributed by atoms with Gasteiger partial charge in [-0.1, -0.05) is 30.3 Å². The molecule has 0 bridgehead atoms. The average Bonchev–Trinajstić information content (AvgIpc) is 2.40. The van der Waals surface area contributed by atoms with Gasteiger partial charge in [0.2, 0.25) is 0 Å². The van der Waals surface area contributed by atoms with E-state index < -0.39 is 5.54 Å². The zero-order valence-electron chi connectivity index (χ0n) is 11.6. The first-order valence-corrected chi connectivity index (χ1v) is 6.04. The minimum atomic E-state index is -0.778. The molecule has 1 atom stereocenters. The number of nitrogens with zero attached hydrogens (tertiary/aromatic N) is 1. The summed E-state index contributed by atoms with van der Waals surface area (Å²) in [6, 6.07) is 9.69. The highest BCUT2D eigenvalue weighted by atomic mass is 16.5. The molecule has 0 aliphatic heterocycles. The molecule has 0 aliphatic rings. The van der Waals surface area contributed by atoms with E-state index in [1.54, 1.807) is 7.05 Å². The van der Waals surface area contributed by atoms with Crippen LogP contribution in [-0.4, -0.2) is 45.7 Å². The molecule has 0 heterocycles. The molecule has 0 amide bonds. The van der Waals surface area contributed by atoms with Gasteiger partial charge in [-0.3, -0.25) is 0 Å². The fraction of sp³-hybridized carbons (Fsp3) is 0.500. The minimum absolute atomic E-state index is 0.252. The van der Waals surface area contributed by atoms with Gasteiger partial charge in [-0.25, -0.2) is 4.79 Å². The van der Waals surface area contributed by atoms with E-state index >= 15 is 0 Å². The Hall–Kier alpha value is -1.39. The maximum Gasteiger partial charge on any atom is 0.330 e. The first-order valence-electron chi connectivity index (χ1n) is 6.04. The number of nitrogens with one attached hydrogen (secondary N) is 1. The average molecular weight is 250 g/mol. The summed E-state index contributed by atoms with van der Waals surface area (Å²) in [5.41, 5.74) is 0.154. The number of hydrogen-bond donors (Lipinski definition) is 1. The fourth-order valence-corrected chi connectivity index (χ4v) is 2.02. The third-order valence-corrected chi connectivity index (χ3v) is 3.16. The van der Waals surface area contributed by atoms with Crippen LogP contribution in [0.3, 0.4) is 0 Å². The third kappa shape index (κ3) is 3.09. The lowest BCUT2D eigenvalue weighted by molar-refractivity contribution is -0.149. The molecule has 0 aromatic heterocycles. The number of methoxy groups -OCH3 is 1. The monoisotopic (exact) mass is 250 g/mol. The molecule has 1 aromatic carbocycles. The predicted octanol–water partition coefficient (Wildman–Crippen LogP) is 1.23. The molecular formula is C14H22N2O2. The molecule has 0 saturated heterocycles. The molecule has 0 spiro atoms. The predicted molar refractivity (Wildman–Crippen MR) is 72.4 cm³/mol. The van der Waals surface area contributed by atoms with Crippen molar-refractivity contribution >= 4 is 5.97 Å². The van der Waals surface area contributed by atoms with Crippen molar-refractivity contribution in [1.29, 1.82) is 0 Å². The van der Waals surface area contributed by atoms with Crippen molar-refractivity contribution in [3.63, 3.8) is 0 Å². The lowest BCUT2D eigenvalue weighted by Gasteiger charge is -2.32. The zero-order chi connectivity index (χ0) is 13.6. The number of hydrogen-bond acceptors (Lipinski definition) is 4. The quantitative estimate of drug-likeness (QED) is 0.771. The summed E-state index contributed by atoms with van der Waals surface area (Å²) in [7, 11) is 7.19. The van der Waals surface area contributed by atoms with Crippen LogP contribution in [0.1, 0.15) is 12.0 Å². The summed E-state index contributed by atoms with van der Waals surface area (Å²) in [6.45, 7) is 0.796. The first-order chi connectivity index (χ1) is 8.56. The van der Waals surface area contributed by atoms with E-state index in [9.17, 15) is 4.79 Å². The highest BCUT2D eigenvalue weighted by Crippen LogP contribution is 2.26. The van der Waals surface area contributed by atoms with Crippen molar-refractivity contribution in [2.24, 2.45) is 0 Å². The normalized spacial score (nSPS) is 14.3. The molecule has 0 aliphatic carbocycles. The van der Waals surface area contributed by atoms with Gasteiger partial charge in [0.1, 0.15) is 5.54 Å². The number of carbonyl (C=O) groups is 1. The van der Waals surface area contributed by atoms with Crippen molar-refractivity contribution in [3.8, 4) is 0 Å². The van der Waals surface area contributed by atoms with Crippen LogP contribution in [0.4, 0.5) is 0 Å². The Kier molecular flexibility index (Phi) is 5.31. The van der Waals surface area contributed by atoms with Crippen molar-refractivity contribution in [2.75, 3.05) is 34.8 Å². The molecule has 1 rings (SSSR count). The Morgan fingerprint density at radius 3 is 2.39 bits per heavy atom. The number of ether oxygens (including phenoxy) is 1. The van der Waals surface area contributed by atoms with E-state index in [2.05, 4.69) is 10.2 Å². The van der Waals surface area contributed by atoms with Crippen molar-refractivity contribution in [1.82, 2.24) is 10.2 Å². The van der Waals surface area contributed by atoms with Crippen LogP contribution in [-0.2, 0) is 15.1 Å². The third-order valence-electron chi connectivity index (χ3n) is 3.16. The molecule has 4 nitrogen and oxygen atoms in total. The Balaban J connectivity index is 3.10. The van der Waals surface area contributed by atoms with Crippen LogP contribution >= 0.6 is 0 Å². The molecule has 18 heavy (non-hydrogen) atoms. The highest BCUT2D eigenvalue weighted by molar-refractivity contribution is 5.82. The van der Waals surface area contributed by atoms with Gasteiger partial charge in [0.05, 0.1) is 7.11 Å². The van der Waals surface area contributed by atoms with Gasteiger partial charge < -0.3 is 15.0 Å². The zero-order valence-corrected chi connectivity index (χ0v) is 11.6. The minimum Gasteiger partial charge on any atom is -0.467 e. The van der Waals surface area contributed by atoms with E-state index in [-0.39, 0.29) is 5.97 Å². The molecule has 0 radical (unpaired) electrons. The standard InChI is InChI=1S/C14H22N2O2/c1-15-14(13(17)18-4,10-11-16(2)3)12-8-6-5-7-9-12/h5-9,15H,10-11H2,1-4H3. The van der Waals surface area contributed by atoms with E-state index in [0.29, 0.717) is 6.42 Å². The van der Waals surface area contributed by atoms with E-state index in [1.165, 1.54) is 7.11 Å². The Morgan fingerprint density at radius 1 is 1.33 bits per heavy atom. The summed E-state index contributed by atoms with van der Waals surface area (Å²) in [5, 5.41) is 3.14. The lowest BCUT2D eigenvalue weighted by Crippen LogP contribution is -2.49. The maximum absolute atomic E-state index is 12.2. The molecule has 1 N–H and O–H groups in total. The summed E-state index contributed by atoms with van der Waals surface area (Å²) in [4.78, 5) is 14.2. The van der Waals surface area contributed by atoms with E-state index in [1.807, 2.05) is 44.4 Å². The number of benzene rings is 1. The summed E-state index contributed by atoms with van der Waals surface area (Å²) in [5.74, 6) is -0.252. The fourth-order valence-electron chi connectivity index (χ4n) is 2.02. The van der Waals surface area contributed by atoms with Gasteiger partial charge in [-0.05, 0) is 33.1 Å². The molecular weight excluding hydrogens is 228 g/mol. The van der Waals surface area contributed by atoms with E-state index in [4.69, 9.17) is 4.74 Å². The van der Waals surface area contributed by atoms with Gasteiger partial charge in [0, 0.05) is 6.54 Å². The number of esters is 1. The lowest BCUT2D eigenvalue weighted by atomic mass is 9.86. The Morgan fingerprint density at radius 2 is 1.94 bits per heavy atom. The second kappa shape index (κ2) is 6.52. The van der Waals surface area contributed by atoms with Crippen LogP contribution in [0.15, 0.2) is 30.3 Å². The summed E-state index contributed by atoms with van der Waals surface area (Å²) >= 11 is 0. The molecule has 100 valence electrons. The van der Waals surface area contributed by atoms with Crippen LogP contribution in [0.5, 0.6) is 0 Å². The Bertz CT molecular complexity index is 379. The number of carbonyl (C=O) groups excluding carboxylic acids is 1. The molecule has 1 aromatic rings. The summed E-state index contributed by atoms with van der Waals surface area (Å²) in [6.07, 6.45) is 0.660. The van der Waals surface area contributed by atoms with Crippen molar-refractivity contribution in [3.05, 3.63) is 35.9 Å². The van der Waals surface area contributed by atoms with Gasteiger partial charge >= 0.3 is 5.97 Å². The van der Waals surface area contributed by atoms with Crippen molar-refractivity contribution < 1.29 is 9.53 Å². The van der Waals surface area contributed by atoms with Crippen LogP contribution < -0.4 is 5.32 Å². The molecule has 1 unspecified atom stereocenters. The second-order valence-electron chi connectivity index (χ2n) is 4.57. The maximum atomic E-state index is 12.2. The topological polar surface area (TPSA) is 41.6 Å². The highest BCUT2D eigenvalue weighted by Gasteiger charge is 2.39. The van der Waals surface area contributed by atoms with E-state index in [0.717, 1.165) is 12.1 Å².